The van der Waals surface area contributed by atoms with Crippen LogP contribution in [0.4, 0.5) is 11.5 Å². The van der Waals surface area contributed by atoms with Gasteiger partial charge in [0.15, 0.2) is 0 Å². The number of nitrogens with zero attached hydrogens (tertiary/aromatic N) is 2. The number of benzene rings is 1. The predicted molar refractivity (Wildman–Crippen MR) is 79.0 cm³/mol. The lowest BCUT2D eigenvalue weighted by Gasteiger charge is -2.12. The van der Waals surface area contributed by atoms with Gasteiger partial charge in [-0.3, -0.25) is 9.78 Å². The van der Waals surface area contributed by atoms with Crippen molar-refractivity contribution in [2.24, 2.45) is 0 Å². The number of rotatable bonds is 4. The lowest BCUT2D eigenvalue weighted by Crippen LogP contribution is -2.15. The number of anilines is 2. The molecule has 1 aromatic carbocycles. The van der Waals surface area contributed by atoms with Gasteiger partial charge in [-0.15, -0.1) is 0 Å². The van der Waals surface area contributed by atoms with Crippen molar-refractivity contribution in [3.8, 4) is 11.5 Å². The standard InChI is InChI=1S/C13H13ClN4O3/c1-20-10-4-8(11(21-2)3-7(10)14)18-13(19)9-5-16-6-12(15)17-9/h3-6H,1-2H3,(H2,15,17)(H,18,19). The van der Waals surface area contributed by atoms with Gasteiger partial charge < -0.3 is 20.5 Å². The molecule has 1 heterocycles. The third kappa shape index (κ3) is 3.32. The Balaban J connectivity index is 2.32. The molecule has 2 rings (SSSR count). The molecule has 0 radical (unpaired) electrons. The molecule has 0 saturated carbocycles. The molecule has 0 saturated heterocycles. The van der Waals surface area contributed by atoms with Crippen LogP contribution >= 0.6 is 11.6 Å². The number of hydrogen-bond donors (Lipinski definition) is 2. The van der Waals surface area contributed by atoms with Gasteiger partial charge in [-0.2, -0.15) is 0 Å². The summed E-state index contributed by atoms with van der Waals surface area (Å²) in [7, 11) is 2.94. The summed E-state index contributed by atoms with van der Waals surface area (Å²) in [5.74, 6) is 0.484. The van der Waals surface area contributed by atoms with E-state index in [0.717, 1.165) is 0 Å². The second-order valence-electron chi connectivity index (χ2n) is 3.97. The fourth-order valence-electron chi connectivity index (χ4n) is 1.63. The lowest BCUT2D eigenvalue weighted by atomic mass is 10.2. The highest BCUT2D eigenvalue weighted by Crippen LogP contribution is 2.35. The van der Waals surface area contributed by atoms with Crippen molar-refractivity contribution in [1.29, 1.82) is 0 Å². The van der Waals surface area contributed by atoms with Crippen LogP contribution in [-0.4, -0.2) is 30.1 Å². The second-order valence-corrected chi connectivity index (χ2v) is 4.38. The summed E-state index contributed by atoms with van der Waals surface area (Å²) >= 11 is 6.00. The Morgan fingerprint density at radius 1 is 1.24 bits per heavy atom. The van der Waals surface area contributed by atoms with Crippen molar-refractivity contribution in [3.05, 3.63) is 35.2 Å². The normalized spacial score (nSPS) is 10.0. The molecule has 2 aromatic rings. The zero-order chi connectivity index (χ0) is 15.4. The van der Waals surface area contributed by atoms with E-state index >= 15 is 0 Å². The molecule has 1 amide bonds. The summed E-state index contributed by atoms with van der Waals surface area (Å²) in [4.78, 5) is 19.8. The molecule has 3 N–H and O–H groups in total. The number of carbonyl (C=O) groups excluding carboxylic acids is 1. The molecule has 0 spiro atoms. The van der Waals surface area contributed by atoms with E-state index in [-0.39, 0.29) is 11.5 Å². The first-order valence-electron chi connectivity index (χ1n) is 5.85. The van der Waals surface area contributed by atoms with Gasteiger partial charge in [0.05, 0.1) is 37.3 Å². The van der Waals surface area contributed by atoms with E-state index in [1.165, 1.54) is 26.6 Å². The maximum atomic E-state index is 12.1. The van der Waals surface area contributed by atoms with Crippen molar-refractivity contribution in [2.45, 2.75) is 0 Å². The van der Waals surface area contributed by atoms with Crippen LogP contribution in [0.1, 0.15) is 10.5 Å². The molecule has 0 aliphatic heterocycles. The Kier molecular flexibility index (Phi) is 4.44. The van der Waals surface area contributed by atoms with Gasteiger partial charge in [-0.25, -0.2) is 4.98 Å². The molecule has 0 aliphatic carbocycles. The summed E-state index contributed by atoms with van der Waals surface area (Å²) < 4.78 is 10.3. The lowest BCUT2D eigenvalue weighted by molar-refractivity contribution is 0.102. The molecule has 0 unspecified atom stereocenters. The Bertz CT molecular complexity index is 678. The molecule has 0 aliphatic rings. The van der Waals surface area contributed by atoms with Crippen molar-refractivity contribution < 1.29 is 14.3 Å². The van der Waals surface area contributed by atoms with Gasteiger partial charge in [0, 0.05) is 12.1 Å². The molecule has 1 aromatic heterocycles. The minimum Gasteiger partial charge on any atom is -0.495 e. The molecule has 110 valence electrons. The van der Waals surface area contributed by atoms with Crippen LogP contribution in [0.15, 0.2) is 24.5 Å². The average molecular weight is 309 g/mol. The molecule has 8 heteroatoms. The van der Waals surface area contributed by atoms with Gasteiger partial charge >= 0.3 is 0 Å². The Morgan fingerprint density at radius 3 is 2.57 bits per heavy atom. The number of nitrogens with one attached hydrogen (secondary N) is 1. The van der Waals surface area contributed by atoms with Crippen LogP contribution in [0.2, 0.25) is 5.02 Å². The van der Waals surface area contributed by atoms with Gasteiger partial charge in [0.25, 0.3) is 5.91 Å². The first-order chi connectivity index (χ1) is 10.0. The highest BCUT2D eigenvalue weighted by atomic mass is 35.5. The summed E-state index contributed by atoms with van der Waals surface area (Å²) in [5, 5.41) is 3.02. The van der Waals surface area contributed by atoms with Crippen LogP contribution < -0.4 is 20.5 Å². The van der Waals surface area contributed by atoms with Crippen LogP contribution in [0.3, 0.4) is 0 Å². The highest BCUT2D eigenvalue weighted by molar-refractivity contribution is 6.32. The number of methoxy groups -OCH3 is 2. The largest absolute Gasteiger partial charge is 0.495 e. The molecular weight excluding hydrogens is 296 g/mol. The van der Waals surface area contributed by atoms with E-state index in [2.05, 4.69) is 15.3 Å². The molecule has 7 nitrogen and oxygen atoms in total. The minimum atomic E-state index is -0.475. The molecular formula is C13H13ClN4O3. The number of amides is 1. The Morgan fingerprint density at radius 2 is 1.95 bits per heavy atom. The van der Waals surface area contributed by atoms with Gasteiger partial charge in [-0.1, -0.05) is 11.6 Å². The monoisotopic (exact) mass is 308 g/mol. The van der Waals surface area contributed by atoms with Gasteiger partial charge in [-0.05, 0) is 0 Å². The number of ether oxygens (including phenoxy) is 2. The van der Waals surface area contributed by atoms with Crippen LogP contribution in [0, 0.1) is 0 Å². The highest BCUT2D eigenvalue weighted by Gasteiger charge is 2.15. The fourth-order valence-corrected chi connectivity index (χ4v) is 1.87. The van der Waals surface area contributed by atoms with Crippen LogP contribution in [-0.2, 0) is 0 Å². The van der Waals surface area contributed by atoms with Crippen molar-refractivity contribution in [3.63, 3.8) is 0 Å². The van der Waals surface area contributed by atoms with E-state index in [4.69, 9.17) is 26.8 Å². The van der Waals surface area contributed by atoms with Crippen molar-refractivity contribution in [2.75, 3.05) is 25.3 Å². The van der Waals surface area contributed by atoms with E-state index in [1.807, 2.05) is 0 Å². The van der Waals surface area contributed by atoms with Crippen molar-refractivity contribution in [1.82, 2.24) is 9.97 Å². The smallest absolute Gasteiger partial charge is 0.276 e. The Hall–Kier alpha value is -2.54. The first-order valence-corrected chi connectivity index (χ1v) is 6.23. The summed E-state index contributed by atoms with van der Waals surface area (Å²) in [6.45, 7) is 0. The van der Waals surface area contributed by atoms with E-state index in [9.17, 15) is 4.79 Å². The van der Waals surface area contributed by atoms with E-state index < -0.39 is 5.91 Å². The third-order valence-electron chi connectivity index (χ3n) is 2.61. The number of hydrogen-bond acceptors (Lipinski definition) is 6. The zero-order valence-electron chi connectivity index (χ0n) is 11.4. The van der Waals surface area contributed by atoms with E-state index in [1.54, 1.807) is 12.1 Å². The van der Waals surface area contributed by atoms with Crippen LogP contribution in [0.25, 0.3) is 0 Å². The average Bonchev–Trinajstić information content (AvgIpc) is 2.48. The number of nitrogen functional groups attached to an aromatic ring is 1. The second kappa shape index (κ2) is 6.27. The third-order valence-corrected chi connectivity index (χ3v) is 2.90. The maximum absolute atomic E-state index is 12.1. The van der Waals surface area contributed by atoms with Gasteiger partial charge in [0.2, 0.25) is 0 Å². The number of nitrogens with two attached hydrogens (primary N) is 1. The first kappa shape index (κ1) is 14.9. The molecule has 0 fully saturated rings. The van der Waals surface area contributed by atoms with Gasteiger partial charge in [0.1, 0.15) is 23.0 Å². The molecule has 21 heavy (non-hydrogen) atoms. The molecule has 0 atom stereocenters. The predicted octanol–water partition coefficient (Wildman–Crippen LogP) is 1.98. The Labute approximate surface area is 126 Å². The fraction of sp³-hybridized carbons (Fsp3) is 0.154. The zero-order valence-corrected chi connectivity index (χ0v) is 12.1. The summed E-state index contributed by atoms with van der Waals surface area (Å²) in [5.41, 5.74) is 5.98. The number of aromatic nitrogens is 2. The minimum absolute atomic E-state index is 0.0889. The van der Waals surface area contributed by atoms with Crippen LogP contribution in [0.5, 0.6) is 11.5 Å². The molecule has 0 bridgehead atoms. The summed E-state index contributed by atoms with van der Waals surface area (Å²) in [6.07, 6.45) is 2.66. The van der Waals surface area contributed by atoms with Crippen molar-refractivity contribution >= 4 is 29.0 Å². The number of halogens is 1. The summed E-state index contributed by atoms with van der Waals surface area (Å²) in [6, 6.07) is 3.10. The quantitative estimate of drug-likeness (QED) is 0.896. The maximum Gasteiger partial charge on any atom is 0.276 e. The SMILES string of the molecule is COc1cc(NC(=O)c2cncc(N)n2)c(OC)cc1Cl. The number of carbonyl (C=O) groups is 1. The topological polar surface area (TPSA) is 99.4 Å². The van der Waals surface area contributed by atoms with E-state index in [0.29, 0.717) is 22.2 Å².